The van der Waals surface area contributed by atoms with Crippen molar-refractivity contribution >= 4 is 57.6 Å². The summed E-state index contributed by atoms with van der Waals surface area (Å²) in [6, 6.07) is 11.6. The fourth-order valence-corrected chi connectivity index (χ4v) is 4.46. The molecule has 8 heteroatoms. The van der Waals surface area contributed by atoms with Crippen LogP contribution in [0.25, 0.3) is 10.9 Å². The van der Waals surface area contributed by atoms with E-state index in [1.165, 1.54) is 12.0 Å². The lowest BCUT2D eigenvalue weighted by Gasteiger charge is -2.40. The van der Waals surface area contributed by atoms with E-state index in [1.54, 1.807) is 18.2 Å². The zero-order valence-electron chi connectivity index (χ0n) is 15.4. The minimum Gasteiger partial charge on any atom is -0.467 e. The van der Waals surface area contributed by atoms with Gasteiger partial charge in [-0.2, -0.15) is 0 Å². The fourth-order valence-electron chi connectivity index (χ4n) is 4.01. The van der Waals surface area contributed by atoms with Crippen LogP contribution in [0.15, 0.2) is 42.5 Å². The van der Waals surface area contributed by atoms with E-state index in [1.807, 2.05) is 24.3 Å². The third kappa shape index (κ3) is 3.37. The maximum Gasteiger partial charge on any atom is 0.328 e. The Kier molecular flexibility index (Phi) is 5.47. The Hall–Kier alpha value is -2.21. The second-order valence-corrected chi connectivity index (χ2v) is 7.90. The lowest BCUT2D eigenvalue weighted by Crippen LogP contribution is -2.52. The van der Waals surface area contributed by atoms with E-state index in [0.717, 1.165) is 27.7 Å². The number of rotatable bonds is 3. The first-order chi connectivity index (χ1) is 14.0. The summed E-state index contributed by atoms with van der Waals surface area (Å²) < 4.78 is 5.01. The SMILES string of the molecule is COC(=O)[C@@H]1Cc2c([nH]c3ccccc23)[C@H](c2ccc(Cl)c(Cl)c2)N1C(=O)CCl. The highest BCUT2D eigenvalue weighted by atomic mass is 35.5. The lowest BCUT2D eigenvalue weighted by atomic mass is 9.88. The predicted octanol–water partition coefficient (Wildman–Crippen LogP) is 4.73. The molecule has 1 aliphatic heterocycles. The van der Waals surface area contributed by atoms with Crippen molar-refractivity contribution in [1.29, 1.82) is 0 Å². The Morgan fingerprint density at radius 2 is 1.93 bits per heavy atom. The van der Waals surface area contributed by atoms with Crippen molar-refractivity contribution in [3.63, 3.8) is 0 Å². The largest absolute Gasteiger partial charge is 0.467 e. The van der Waals surface area contributed by atoms with Gasteiger partial charge < -0.3 is 14.6 Å². The molecule has 0 fully saturated rings. The van der Waals surface area contributed by atoms with Gasteiger partial charge in [-0.1, -0.05) is 47.5 Å². The second-order valence-electron chi connectivity index (χ2n) is 6.82. The Bertz CT molecular complexity index is 1110. The molecule has 4 rings (SSSR count). The molecule has 2 heterocycles. The van der Waals surface area contributed by atoms with Crippen LogP contribution in [0, 0.1) is 0 Å². The number of carbonyl (C=O) groups is 2. The smallest absolute Gasteiger partial charge is 0.328 e. The van der Waals surface area contributed by atoms with Crippen LogP contribution in [0.2, 0.25) is 10.0 Å². The summed E-state index contributed by atoms with van der Waals surface area (Å²) in [6.45, 7) is 0. The van der Waals surface area contributed by atoms with Gasteiger partial charge in [-0.15, -0.1) is 11.6 Å². The highest BCUT2D eigenvalue weighted by Gasteiger charge is 2.43. The van der Waals surface area contributed by atoms with Gasteiger partial charge in [0.15, 0.2) is 0 Å². The number of ether oxygens (including phenoxy) is 1. The number of nitrogens with one attached hydrogen (secondary N) is 1. The topological polar surface area (TPSA) is 62.4 Å². The minimum atomic E-state index is -0.808. The van der Waals surface area contributed by atoms with Crippen molar-refractivity contribution in [3.05, 3.63) is 69.3 Å². The number of nitrogens with zero attached hydrogens (tertiary/aromatic N) is 1. The van der Waals surface area contributed by atoms with Crippen LogP contribution in [-0.4, -0.2) is 40.8 Å². The fraction of sp³-hybridized carbons (Fsp3) is 0.238. The van der Waals surface area contributed by atoms with Crippen molar-refractivity contribution in [1.82, 2.24) is 9.88 Å². The predicted molar refractivity (Wildman–Crippen MR) is 114 cm³/mol. The molecule has 29 heavy (non-hydrogen) atoms. The summed E-state index contributed by atoms with van der Waals surface area (Å²) in [4.78, 5) is 30.4. The maximum absolute atomic E-state index is 12.9. The second kappa shape index (κ2) is 7.90. The number of H-pyrrole nitrogens is 1. The molecule has 1 N–H and O–H groups in total. The zero-order valence-corrected chi connectivity index (χ0v) is 17.7. The third-order valence-corrected chi connectivity index (χ3v) is 6.23. The van der Waals surface area contributed by atoms with E-state index in [9.17, 15) is 9.59 Å². The van der Waals surface area contributed by atoms with Gasteiger partial charge in [0.1, 0.15) is 11.9 Å². The molecule has 3 aromatic rings. The van der Waals surface area contributed by atoms with E-state index in [-0.39, 0.29) is 11.8 Å². The summed E-state index contributed by atoms with van der Waals surface area (Å²) in [7, 11) is 1.31. The average molecular weight is 452 g/mol. The number of aromatic amines is 1. The number of carbonyl (C=O) groups excluding carboxylic acids is 2. The Morgan fingerprint density at radius 3 is 2.62 bits per heavy atom. The zero-order chi connectivity index (χ0) is 20.7. The monoisotopic (exact) mass is 450 g/mol. The molecular formula is C21H17Cl3N2O3. The standard InChI is InChI=1S/C21H17Cl3N2O3/c1-29-21(28)17-9-13-12-4-2-3-5-16(12)25-19(13)20(26(17)18(27)10-22)11-6-7-14(23)15(24)8-11/h2-8,17,20,25H,9-10H2,1H3/t17-,20-/m0/s1. The molecule has 1 amide bonds. The number of amides is 1. The maximum atomic E-state index is 12.9. The van der Waals surface area contributed by atoms with Crippen molar-refractivity contribution < 1.29 is 14.3 Å². The number of methoxy groups -OCH3 is 1. The lowest BCUT2D eigenvalue weighted by molar-refractivity contribution is -0.154. The highest BCUT2D eigenvalue weighted by Crippen LogP contribution is 2.42. The van der Waals surface area contributed by atoms with Crippen LogP contribution in [0.1, 0.15) is 22.9 Å². The molecule has 0 radical (unpaired) electrons. The molecule has 2 atom stereocenters. The number of hydrogen-bond acceptors (Lipinski definition) is 3. The molecule has 0 bridgehead atoms. The number of hydrogen-bond donors (Lipinski definition) is 1. The number of para-hydroxylation sites is 1. The van der Waals surface area contributed by atoms with E-state index < -0.39 is 18.1 Å². The molecule has 5 nitrogen and oxygen atoms in total. The van der Waals surface area contributed by atoms with E-state index >= 15 is 0 Å². The van der Waals surface area contributed by atoms with Crippen LogP contribution in [0.5, 0.6) is 0 Å². The first kappa shape index (κ1) is 20.1. The summed E-state index contributed by atoms with van der Waals surface area (Å²) in [5.74, 6) is -1.13. The molecule has 0 aliphatic carbocycles. The van der Waals surface area contributed by atoms with Crippen LogP contribution >= 0.6 is 34.8 Å². The van der Waals surface area contributed by atoms with Gasteiger partial charge in [-0.05, 0) is 29.3 Å². The van der Waals surface area contributed by atoms with Gasteiger partial charge in [0.2, 0.25) is 5.91 Å². The van der Waals surface area contributed by atoms with Crippen LogP contribution in [0.4, 0.5) is 0 Å². The van der Waals surface area contributed by atoms with Gasteiger partial charge in [-0.3, -0.25) is 4.79 Å². The molecule has 0 spiro atoms. The number of alkyl halides is 1. The molecule has 0 saturated carbocycles. The van der Waals surface area contributed by atoms with Crippen molar-refractivity contribution in [3.8, 4) is 0 Å². The van der Waals surface area contributed by atoms with Crippen molar-refractivity contribution in [2.24, 2.45) is 0 Å². The van der Waals surface area contributed by atoms with Gasteiger partial charge in [-0.25, -0.2) is 4.79 Å². The quantitative estimate of drug-likeness (QED) is 0.462. The van der Waals surface area contributed by atoms with Gasteiger partial charge in [0, 0.05) is 23.0 Å². The first-order valence-corrected chi connectivity index (χ1v) is 10.2. The molecule has 0 unspecified atom stereocenters. The van der Waals surface area contributed by atoms with Gasteiger partial charge in [0.25, 0.3) is 0 Å². The molecule has 2 aromatic carbocycles. The van der Waals surface area contributed by atoms with Crippen LogP contribution < -0.4 is 0 Å². The first-order valence-electron chi connectivity index (χ1n) is 8.95. The van der Waals surface area contributed by atoms with Crippen LogP contribution in [0.3, 0.4) is 0 Å². The molecular weight excluding hydrogens is 435 g/mol. The Morgan fingerprint density at radius 1 is 1.17 bits per heavy atom. The third-order valence-electron chi connectivity index (χ3n) is 5.27. The highest BCUT2D eigenvalue weighted by molar-refractivity contribution is 6.42. The molecule has 1 aliphatic rings. The molecule has 1 aromatic heterocycles. The number of halogens is 3. The van der Waals surface area contributed by atoms with Gasteiger partial charge in [0.05, 0.1) is 23.2 Å². The van der Waals surface area contributed by atoms with E-state index in [2.05, 4.69) is 4.98 Å². The minimum absolute atomic E-state index is 0.263. The number of esters is 1. The number of aromatic nitrogens is 1. The average Bonchev–Trinajstić information content (AvgIpc) is 3.11. The Labute approximate surface area is 182 Å². The number of fused-ring (bicyclic) bond motifs is 3. The van der Waals surface area contributed by atoms with Crippen molar-refractivity contribution in [2.75, 3.05) is 13.0 Å². The summed E-state index contributed by atoms with van der Waals surface area (Å²) >= 11 is 18.3. The van der Waals surface area contributed by atoms with Crippen LogP contribution in [-0.2, 0) is 20.7 Å². The summed E-state index contributed by atoms with van der Waals surface area (Å²) in [5.41, 5.74) is 3.43. The summed E-state index contributed by atoms with van der Waals surface area (Å²) in [6.07, 6.45) is 0.326. The van der Waals surface area contributed by atoms with Gasteiger partial charge >= 0.3 is 5.97 Å². The molecule has 150 valence electrons. The van der Waals surface area contributed by atoms with Crippen molar-refractivity contribution in [2.45, 2.75) is 18.5 Å². The van der Waals surface area contributed by atoms with E-state index in [0.29, 0.717) is 16.5 Å². The Balaban J connectivity index is 1.99. The molecule has 0 saturated heterocycles. The number of benzene rings is 2. The van der Waals surface area contributed by atoms with E-state index in [4.69, 9.17) is 39.5 Å². The summed E-state index contributed by atoms with van der Waals surface area (Å²) in [5, 5.41) is 1.77. The normalized spacial score (nSPS) is 18.6.